The van der Waals surface area contributed by atoms with Gasteiger partial charge in [0, 0.05) is 19.7 Å². The quantitative estimate of drug-likeness (QED) is 0.743. The standard InChI is InChI=1S/C13H13N5/c1-14-13-6-4-10(16-17-13)9-3-5-12-11(7-9)15-8-18(12)2/h3-8H,1-2H3,(H,14,17). The molecule has 2 aromatic heterocycles. The average molecular weight is 239 g/mol. The summed E-state index contributed by atoms with van der Waals surface area (Å²) in [6.45, 7) is 0. The van der Waals surface area contributed by atoms with Crippen LogP contribution in [0.25, 0.3) is 22.3 Å². The van der Waals surface area contributed by atoms with Gasteiger partial charge in [0.1, 0.15) is 5.82 Å². The van der Waals surface area contributed by atoms with E-state index < -0.39 is 0 Å². The number of hydrogen-bond acceptors (Lipinski definition) is 4. The van der Waals surface area contributed by atoms with Crippen molar-refractivity contribution in [1.82, 2.24) is 19.7 Å². The van der Waals surface area contributed by atoms with E-state index in [1.807, 2.05) is 55.3 Å². The third-order valence-electron chi connectivity index (χ3n) is 2.94. The number of aromatic nitrogens is 4. The van der Waals surface area contributed by atoms with E-state index in [1.54, 1.807) is 0 Å². The zero-order valence-electron chi connectivity index (χ0n) is 10.3. The van der Waals surface area contributed by atoms with Gasteiger partial charge in [0.2, 0.25) is 0 Å². The number of aryl methyl sites for hydroxylation is 1. The minimum atomic E-state index is 0.762. The summed E-state index contributed by atoms with van der Waals surface area (Å²) in [5.41, 5.74) is 3.95. The number of nitrogens with one attached hydrogen (secondary N) is 1. The Kier molecular flexibility index (Phi) is 2.44. The summed E-state index contributed by atoms with van der Waals surface area (Å²) in [5.74, 6) is 0.762. The van der Waals surface area contributed by atoms with Crippen molar-refractivity contribution in [3.8, 4) is 11.3 Å². The van der Waals surface area contributed by atoms with Gasteiger partial charge in [-0.05, 0) is 24.3 Å². The first-order valence-corrected chi connectivity index (χ1v) is 5.71. The molecule has 0 amide bonds. The monoisotopic (exact) mass is 239 g/mol. The van der Waals surface area contributed by atoms with Crippen molar-refractivity contribution >= 4 is 16.9 Å². The molecule has 0 bridgehead atoms. The first-order valence-electron chi connectivity index (χ1n) is 5.71. The van der Waals surface area contributed by atoms with E-state index in [2.05, 4.69) is 20.5 Å². The molecule has 0 radical (unpaired) electrons. The Bertz CT molecular complexity index is 684. The van der Waals surface area contributed by atoms with Crippen LogP contribution >= 0.6 is 0 Å². The van der Waals surface area contributed by atoms with Gasteiger partial charge in [-0.15, -0.1) is 10.2 Å². The molecule has 5 nitrogen and oxygen atoms in total. The molecular formula is C13H13N5. The van der Waals surface area contributed by atoms with Crippen LogP contribution < -0.4 is 5.32 Å². The molecule has 2 heterocycles. The second-order valence-electron chi connectivity index (χ2n) is 4.11. The molecule has 3 rings (SSSR count). The molecule has 0 unspecified atom stereocenters. The second kappa shape index (κ2) is 4.10. The van der Waals surface area contributed by atoms with Gasteiger partial charge >= 0.3 is 0 Å². The van der Waals surface area contributed by atoms with E-state index in [0.717, 1.165) is 28.1 Å². The van der Waals surface area contributed by atoms with Crippen LogP contribution in [-0.2, 0) is 7.05 Å². The summed E-state index contributed by atoms with van der Waals surface area (Å²) in [5, 5.41) is 11.2. The minimum absolute atomic E-state index is 0.762. The fraction of sp³-hybridized carbons (Fsp3) is 0.154. The predicted molar refractivity (Wildman–Crippen MR) is 71.3 cm³/mol. The normalized spacial score (nSPS) is 10.8. The molecule has 0 atom stereocenters. The maximum absolute atomic E-state index is 4.34. The number of imidazole rings is 1. The Morgan fingerprint density at radius 3 is 2.72 bits per heavy atom. The Morgan fingerprint density at radius 2 is 2.00 bits per heavy atom. The Morgan fingerprint density at radius 1 is 1.11 bits per heavy atom. The maximum Gasteiger partial charge on any atom is 0.148 e. The summed E-state index contributed by atoms with van der Waals surface area (Å²) in [6, 6.07) is 9.96. The van der Waals surface area contributed by atoms with Crippen LogP contribution in [0.5, 0.6) is 0 Å². The van der Waals surface area contributed by atoms with Crippen molar-refractivity contribution in [2.24, 2.45) is 7.05 Å². The van der Waals surface area contributed by atoms with Gasteiger partial charge in [0.05, 0.1) is 23.1 Å². The molecule has 1 N–H and O–H groups in total. The van der Waals surface area contributed by atoms with Gasteiger partial charge in [-0.1, -0.05) is 6.07 Å². The second-order valence-corrected chi connectivity index (χ2v) is 4.11. The molecule has 0 saturated heterocycles. The van der Waals surface area contributed by atoms with E-state index in [0.29, 0.717) is 0 Å². The SMILES string of the molecule is CNc1ccc(-c2ccc3c(c2)ncn3C)nn1. The van der Waals surface area contributed by atoms with Crippen LogP contribution in [0.4, 0.5) is 5.82 Å². The Labute approximate surface area is 104 Å². The first kappa shape index (κ1) is 10.7. The molecule has 0 aliphatic carbocycles. The topological polar surface area (TPSA) is 55.6 Å². The molecule has 90 valence electrons. The van der Waals surface area contributed by atoms with Gasteiger partial charge < -0.3 is 9.88 Å². The predicted octanol–water partition coefficient (Wildman–Crippen LogP) is 2.07. The largest absolute Gasteiger partial charge is 0.372 e. The van der Waals surface area contributed by atoms with Crippen LogP contribution in [0.2, 0.25) is 0 Å². The van der Waals surface area contributed by atoms with Gasteiger partial charge in [-0.25, -0.2) is 4.98 Å². The average Bonchev–Trinajstić information content (AvgIpc) is 2.80. The lowest BCUT2D eigenvalue weighted by Crippen LogP contribution is -1.95. The molecule has 0 aliphatic heterocycles. The van der Waals surface area contributed by atoms with E-state index in [1.165, 1.54) is 0 Å². The first-order chi connectivity index (χ1) is 8.78. The smallest absolute Gasteiger partial charge is 0.148 e. The lowest BCUT2D eigenvalue weighted by atomic mass is 10.1. The summed E-state index contributed by atoms with van der Waals surface area (Å²) in [6.07, 6.45) is 1.81. The van der Waals surface area contributed by atoms with Gasteiger partial charge in [-0.3, -0.25) is 0 Å². The molecule has 1 aromatic carbocycles. The Hall–Kier alpha value is -2.43. The molecule has 0 spiro atoms. The van der Waals surface area contributed by atoms with Crippen molar-refractivity contribution in [1.29, 1.82) is 0 Å². The molecule has 0 fully saturated rings. The van der Waals surface area contributed by atoms with E-state index in [9.17, 15) is 0 Å². The Balaban J connectivity index is 2.07. The summed E-state index contributed by atoms with van der Waals surface area (Å²) >= 11 is 0. The van der Waals surface area contributed by atoms with E-state index >= 15 is 0 Å². The minimum Gasteiger partial charge on any atom is -0.372 e. The fourth-order valence-corrected chi connectivity index (χ4v) is 1.91. The van der Waals surface area contributed by atoms with E-state index in [4.69, 9.17) is 0 Å². The van der Waals surface area contributed by atoms with Crippen LogP contribution in [0.3, 0.4) is 0 Å². The lowest BCUT2D eigenvalue weighted by Gasteiger charge is -2.02. The van der Waals surface area contributed by atoms with Crippen LogP contribution in [0, 0.1) is 0 Å². The number of fused-ring (bicyclic) bond motifs is 1. The molecule has 0 saturated carbocycles. The van der Waals surface area contributed by atoms with Crippen LogP contribution in [0.1, 0.15) is 0 Å². The highest BCUT2D eigenvalue weighted by Gasteiger charge is 2.04. The summed E-state index contributed by atoms with van der Waals surface area (Å²) in [4.78, 5) is 4.34. The summed E-state index contributed by atoms with van der Waals surface area (Å²) < 4.78 is 1.99. The molecule has 5 heteroatoms. The van der Waals surface area contributed by atoms with Crippen molar-refractivity contribution in [3.05, 3.63) is 36.7 Å². The van der Waals surface area contributed by atoms with Crippen molar-refractivity contribution in [2.45, 2.75) is 0 Å². The van der Waals surface area contributed by atoms with Gasteiger partial charge in [-0.2, -0.15) is 0 Å². The van der Waals surface area contributed by atoms with E-state index in [-0.39, 0.29) is 0 Å². The van der Waals surface area contributed by atoms with Crippen LogP contribution in [-0.4, -0.2) is 26.8 Å². The highest BCUT2D eigenvalue weighted by Crippen LogP contribution is 2.21. The lowest BCUT2D eigenvalue weighted by molar-refractivity contribution is 0.947. The number of rotatable bonds is 2. The number of anilines is 1. The van der Waals surface area contributed by atoms with Gasteiger partial charge in [0.15, 0.2) is 0 Å². The zero-order chi connectivity index (χ0) is 12.5. The molecule has 0 aliphatic rings. The maximum atomic E-state index is 4.34. The third-order valence-corrected chi connectivity index (χ3v) is 2.94. The number of nitrogens with zero attached hydrogens (tertiary/aromatic N) is 4. The zero-order valence-corrected chi connectivity index (χ0v) is 10.3. The molecule has 3 aromatic rings. The highest BCUT2D eigenvalue weighted by atomic mass is 15.2. The molecule has 18 heavy (non-hydrogen) atoms. The summed E-state index contributed by atoms with van der Waals surface area (Å²) in [7, 11) is 3.81. The molecular weight excluding hydrogens is 226 g/mol. The number of benzene rings is 1. The van der Waals surface area contributed by atoms with Crippen molar-refractivity contribution in [2.75, 3.05) is 12.4 Å². The van der Waals surface area contributed by atoms with Gasteiger partial charge in [0.25, 0.3) is 0 Å². The third kappa shape index (κ3) is 1.69. The fourth-order valence-electron chi connectivity index (χ4n) is 1.91. The number of hydrogen-bond donors (Lipinski definition) is 1. The van der Waals surface area contributed by atoms with Crippen LogP contribution in [0.15, 0.2) is 36.7 Å². The van der Waals surface area contributed by atoms with Crippen molar-refractivity contribution < 1.29 is 0 Å². The highest BCUT2D eigenvalue weighted by molar-refractivity contribution is 5.81. The van der Waals surface area contributed by atoms with Crippen molar-refractivity contribution in [3.63, 3.8) is 0 Å².